The zero-order chi connectivity index (χ0) is 15.6. The molecule has 0 saturated carbocycles. The van der Waals surface area contributed by atoms with E-state index >= 15 is 0 Å². The lowest BCUT2D eigenvalue weighted by molar-refractivity contribution is 0.0937. The number of hydrogen-bond acceptors (Lipinski definition) is 5. The van der Waals surface area contributed by atoms with Gasteiger partial charge >= 0.3 is 0 Å². The van der Waals surface area contributed by atoms with Gasteiger partial charge in [-0.3, -0.25) is 4.79 Å². The topological polar surface area (TPSA) is 71.5 Å². The molecule has 0 aliphatic carbocycles. The molecule has 0 bridgehead atoms. The molecule has 0 aliphatic heterocycles. The summed E-state index contributed by atoms with van der Waals surface area (Å²) in [5, 5.41) is 13.7. The molecule has 1 atom stereocenters. The molecule has 0 radical (unpaired) electrons. The maximum Gasteiger partial charge on any atom is 0.255 e. The molecule has 0 saturated heterocycles. The lowest BCUT2D eigenvalue weighted by Gasteiger charge is -2.14. The van der Waals surface area contributed by atoms with Crippen LogP contribution < -0.4 is 10.1 Å². The fourth-order valence-corrected chi connectivity index (χ4v) is 3.05. The van der Waals surface area contributed by atoms with E-state index in [1.165, 1.54) is 13.2 Å². The molecule has 1 amide bonds. The van der Waals surface area contributed by atoms with Crippen LogP contribution in [-0.2, 0) is 0 Å². The number of carbonyl (C=O) groups is 1. The van der Waals surface area contributed by atoms with E-state index < -0.39 is 0 Å². The Bertz CT molecular complexity index is 667. The van der Waals surface area contributed by atoms with E-state index in [9.17, 15) is 9.90 Å². The van der Waals surface area contributed by atoms with Gasteiger partial charge in [0.15, 0.2) is 0 Å². The fourth-order valence-electron chi connectivity index (χ4n) is 2.12. The van der Waals surface area contributed by atoms with Crippen molar-refractivity contribution in [2.45, 2.75) is 26.8 Å². The molecule has 0 fully saturated rings. The molecule has 6 heteroatoms. The second kappa shape index (κ2) is 6.13. The third-order valence-corrected chi connectivity index (χ3v) is 4.39. The minimum Gasteiger partial charge on any atom is -0.507 e. The van der Waals surface area contributed by atoms with Crippen molar-refractivity contribution in [3.63, 3.8) is 0 Å². The van der Waals surface area contributed by atoms with Gasteiger partial charge in [-0.05, 0) is 32.9 Å². The van der Waals surface area contributed by atoms with Crippen LogP contribution in [0.25, 0.3) is 0 Å². The predicted molar refractivity (Wildman–Crippen MR) is 82.1 cm³/mol. The van der Waals surface area contributed by atoms with Gasteiger partial charge in [-0.1, -0.05) is 0 Å². The Morgan fingerprint density at radius 3 is 2.67 bits per heavy atom. The molecular weight excluding hydrogens is 288 g/mol. The number of aryl methyl sites for hydroxylation is 2. The van der Waals surface area contributed by atoms with Crippen LogP contribution in [0.15, 0.2) is 18.2 Å². The van der Waals surface area contributed by atoms with E-state index in [4.69, 9.17) is 4.74 Å². The highest BCUT2D eigenvalue weighted by atomic mass is 32.1. The Hall–Kier alpha value is -2.08. The molecule has 21 heavy (non-hydrogen) atoms. The first kappa shape index (κ1) is 15.3. The number of phenols is 1. The van der Waals surface area contributed by atoms with Crippen LogP contribution in [0.2, 0.25) is 0 Å². The highest BCUT2D eigenvalue weighted by Crippen LogP contribution is 2.27. The Kier molecular flexibility index (Phi) is 4.47. The van der Waals surface area contributed by atoms with Crippen molar-refractivity contribution in [3.05, 3.63) is 39.3 Å². The molecule has 0 spiro atoms. The first-order valence-electron chi connectivity index (χ1n) is 6.54. The maximum atomic E-state index is 12.2. The lowest BCUT2D eigenvalue weighted by atomic mass is 10.1. The largest absolute Gasteiger partial charge is 0.507 e. The second-order valence-electron chi connectivity index (χ2n) is 4.76. The number of carbonyl (C=O) groups excluding carboxylic acids is 1. The number of amides is 1. The van der Waals surface area contributed by atoms with Gasteiger partial charge in [-0.25, -0.2) is 4.98 Å². The van der Waals surface area contributed by atoms with E-state index in [0.717, 1.165) is 15.6 Å². The normalized spacial score (nSPS) is 12.0. The number of aromatic hydroxyl groups is 1. The van der Waals surface area contributed by atoms with Gasteiger partial charge in [0.25, 0.3) is 5.91 Å². The Morgan fingerprint density at radius 1 is 1.43 bits per heavy atom. The molecule has 1 unspecified atom stereocenters. The van der Waals surface area contributed by atoms with Crippen molar-refractivity contribution in [1.82, 2.24) is 10.3 Å². The van der Waals surface area contributed by atoms with E-state index in [1.54, 1.807) is 23.5 Å². The Labute approximate surface area is 127 Å². The molecule has 1 aromatic heterocycles. The number of methoxy groups -OCH3 is 1. The van der Waals surface area contributed by atoms with Crippen LogP contribution in [-0.4, -0.2) is 23.1 Å². The summed E-state index contributed by atoms with van der Waals surface area (Å²) in [5.41, 5.74) is 1.14. The average molecular weight is 306 g/mol. The molecular formula is C15H18N2O3S. The third-order valence-electron chi connectivity index (χ3n) is 3.13. The van der Waals surface area contributed by atoms with Crippen molar-refractivity contribution < 1.29 is 14.6 Å². The number of rotatable bonds is 4. The SMILES string of the molecule is COc1ccc(C(=O)NC(C)c2sc(C)nc2C)c(O)c1. The molecule has 112 valence electrons. The highest BCUT2D eigenvalue weighted by molar-refractivity contribution is 7.11. The molecule has 5 nitrogen and oxygen atoms in total. The molecule has 2 N–H and O–H groups in total. The number of thiazole rings is 1. The fraction of sp³-hybridized carbons (Fsp3) is 0.333. The summed E-state index contributed by atoms with van der Waals surface area (Å²) in [6.07, 6.45) is 0. The number of benzene rings is 1. The highest BCUT2D eigenvalue weighted by Gasteiger charge is 2.18. The van der Waals surface area contributed by atoms with E-state index in [0.29, 0.717) is 5.75 Å². The van der Waals surface area contributed by atoms with E-state index in [-0.39, 0.29) is 23.3 Å². The second-order valence-corrected chi connectivity index (χ2v) is 6.00. The number of hydrogen-bond donors (Lipinski definition) is 2. The van der Waals surface area contributed by atoms with Crippen molar-refractivity contribution in [3.8, 4) is 11.5 Å². The van der Waals surface area contributed by atoms with Gasteiger partial charge < -0.3 is 15.2 Å². The van der Waals surface area contributed by atoms with Crippen LogP contribution in [0.5, 0.6) is 11.5 Å². The van der Waals surface area contributed by atoms with Crippen LogP contribution in [0.3, 0.4) is 0 Å². The number of phenolic OH excluding ortho intramolecular Hbond substituents is 1. The third kappa shape index (κ3) is 3.33. The summed E-state index contributed by atoms with van der Waals surface area (Å²) in [7, 11) is 1.51. The minimum absolute atomic E-state index is 0.101. The molecule has 0 aliphatic rings. The van der Waals surface area contributed by atoms with Crippen molar-refractivity contribution in [1.29, 1.82) is 0 Å². The van der Waals surface area contributed by atoms with Crippen molar-refractivity contribution in [2.24, 2.45) is 0 Å². The minimum atomic E-state index is -0.326. The Balaban J connectivity index is 2.16. The molecule has 2 aromatic rings. The van der Waals surface area contributed by atoms with Crippen LogP contribution in [0.1, 0.15) is 38.9 Å². The quantitative estimate of drug-likeness (QED) is 0.911. The number of nitrogens with one attached hydrogen (secondary N) is 1. The van der Waals surface area contributed by atoms with Gasteiger partial charge in [0.2, 0.25) is 0 Å². The average Bonchev–Trinajstić information content (AvgIpc) is 2.77. The van der Waals surface area contributed by atoms with Crippen LogP contribution >= 0.6 is 11.3 Å². The van der Waals surface area contributed by atoms with Gasteiger partial charge in [0.05, 0.1) is 29.4 Å². The first-order valence-corrected chi connectivity index (χ1v) is 7.35. The van der Waals surface area contributed by atoms with Crippen LogP contribution in [0.4, 0.5) is 0 Å². The summed E-state index contributed by atoms with van der Waals surface area (Å²) < 4.78 is 5.00. The zero-order valence-corrected chi connectivity index (χ0v) is 13.2. The summed E-state index contributed by atoms with van der Waals surface area (Å²) >= 11 is 1.56. The zero-order valence-electron chi connectivity index (χ0n) is 12.4. The number of ether oxygens (including phenoxy) is 1. The molecule has 1 heterocycles. The van der Waals surface area contributed by atoms with Crippen LogP contribution in [0, 0.1) is 13.8 Å². The summed E-state index contributed by atoms with van der Waals surface area (Å²) in [4.78, 5) is 17.6. The van der Waals surface area contributed by atoms with E-state index in [2.05, 4.69) is 10.3 Å². The van der Waals surface area contributed by atoms with Gasteiger partial charge in [-0.2, -0.15) is 0 Å². The first-order chi connectivity index (χ1) is 9.92. The van der Waals surface area contributed by atoms with Gasteiger partial charge in [0, 0.05) is 10.9 Å². The lowest BCUT2D eigenvalue weighted by Crippen LogP contribution is -2.26. The van der Waals surface area contributed by atoms with Crippen molar-refractivity contribution in [2.75, 3.05) is 7.11 Å². The number of aromatic nitrogens is 1. The number of nitrogens with zero attached hydrogens (tertiary/aromatic N) is 1. The molecule has 1 aromatic carbocycles. The van der Waals surface area contributed by atoms with E-state index in [1.807, 2.05) is 20.8 Å². The summed E-state index contributed by atoms with van der Waals surface area (Å²) in [5.74, 6) is 0.0791. The summed E-state index contributed by atoms with van der Waals surface area (Å²) in [6.45, 7) is 5.76. The maximum absolute atomic E-state index is 12.2. The smallest absolute Gasteiger partial charge is 0.255 e. The van der Waals surface area contributed by atoms with Crippen molar-refractivity contribution >= 4 is 17.2 Å². The monoisotopic (exact) mass is 306 g/mol. The predicted octanol–water partition coefficient (Wildman–Crippen LogP) is 2.97. The van der Waals surface area contributed by atoms with Gasteiger partial charge in [-0.15, -0.1) is 11.3 Å². The Morgan fingerprint density at radius 2 is 2.14 bits per heavy atom. The molecule has 2 rings (SSSR count). The van der Waals surface area contributed by atoms with Gasteiger partial charge in [0.1, 0.15) is 11.5 Å². The standard InChI is InChI=1S/C15H18N2O3S/c1-8-14(21-10(3)16-8)9(2)17-15(19)12-6-5-11(20-4)7-13(12)18/h5-7,9,18H,1-4H3,(H,17,19). The summed E-state index contributed by atoms with van der Waals surface area (Å²) in [6, 6.07) is 4.44.